The van der Waals surface area contributed by atoms with Crippen molar-refractivity contribution in [3.8, 4) is 11.7 Å². The number of aromatic nitrogens is 4. The summed E-state index contributed by atoms with van der Waals surface area (Å²) in [6, 6.07) is 5.58. The second-order valence-electron chi connectivity index (χ2n) is 4.14. The number of carbonyl (C=O) groups excluding carboxylic acids is 1. The first-order valence-electron chi connectivity index (χ1n) is 6.16. The molecule has 0 aliphatic carbocycles. The Labute approximate surface area is 123 Å². The van der Waals surface area contributed by atoms with Gasteiger partial charge in [-0.05, 0) is 17.3 Å². The van der Waals surface area contributed by atoms with Gasteiger partial charge in [0.15, 0.2) is 17.5 Å². The van der Waals surface area contributed by atoms with Gasteiger partial charge in [-0.25, -0.2) is 14.1 Å². The quantitative estimate of drug-likeness (QED) is 0.787. The molecule has 22 heavy (non-hydrogen) atoms. The molecule has 0 aliphatic heterocycles. The summed E-state index contributed by atoms with van der Waals surface area (Å²) >= 11 is 0. The van der Waals surface area contributed by atoms with E-state index in [-0.39, 0.29) is 23.3 Å². The Bertz CT molecular complexity index is 813. The second kappa shape index (κ2) is 5.64. The molecule has 1 N–H and O–H groups in total. The predicted octanol–water partition coefficient (Wildman–Crippen LogP) is 1.66. The number of rotatable bonds is 4. The van der Waals surface area contributed by atoms with Crippen molar-refractivity contribution in [2.24, 2.45) is 0 Å². The van der Waals surface area contributed by atoms with Crippen LogP contribution in [0.2, 0.25) is 0 Å². The van der Waals surface area contributed by atoms with Gasteiger partial charge in [-0.3, -0.25) is 4.79 Å². The standard InChI is InChI=1S/C13H10FN5O3/c1-21-11-7-9(22-18-11)13(20)16-10-4-6-19(17-10)12-8(14)3-2-5-15-12/h2-7H,1H3,(H,16,17,20). The lowest BCUT2D eigenvalue weighted by Crippen LogP contribution is -2.12. The molecule has 1 amide bonds. The number of anilines is 1. The van der Waals surface area contributed by atoms with Gasteiger partial charge in [0, 0.05) is 18.5 Å². The first-order valence-corrected chi connectivity index (χ1v) is 6.16. The zero-order chi connectivity index (χ0) is 15.5. The molecule has 8 nitrogen and oxygen atoms in total. The number of ether oxygens (including phenoxy) is 1. The summed E-state index contributed by atoms with van der Waals surface area (Å²) < 4.78 is 24.4. The molecule has 0 saturated carbocycles. The highest BCUT2D eigenvalue weighted by Crippen LogP contribution is 2.14. The number of amides is 1. The minimum atomic E-state index is -0.553. The summed E-state index contributed by atoms with van der Waals surface area (Å²) in [5, 5.41) is 10.0. The number of nitrogens with zero attached hydrogens (tertiary/aromatic N) is 4. The number of hydrogen-bond donors (Lipinski definition) is 1. The first-order chi connectivity index (χ1) is 10.7. The third-order valence-electron chi connectivity index (χ3n) is 2.71. The van der Waals surface area contributed by atoms with Gasteiger partial charge in [0.2, 0.25) is 5.76 Å². The van der Waals surface area contributed by atoms with Crippen molar-refractivity contribution in [1.82, 2.24) is 19.9 Å². The lowest BCUT2D eigenvalue weighted by atomic mass is 10.4. The maximum Gasteiger partial charge on any atom is 0.295 e. The van der Waals surface area contributed by atoms with Gasteiger partial charge in [-0.1, -0.05) is 0 Å². The number of halogens is 1. The van der Waals surface area contributed by atoms with Crippen molar-refractivity contribution in [3.05, 3.63) is 48.2 Å². The van der Waals surface area contributed by atoms with Crippen molar-refractivity contribution in [2.45, 2.75) is 0 Å². The Morgan fingerprint density at radius 2 is 2.32 bits per heavy atom. The molecule has 0 atom stereocenters. The normalized spacial score (nSPS) is 10.5. The molecule has 9 heteroatoms. The van der Waals surface area contributed by atoms with Gasteiger partial charge >= 0.3 is 0 Å². The summed E-state index contributed by atoms with van der Waals surface area (Å²) in [4.78, 5) is 15.8. The molecular weight excluding hydrogens is 293 g/mol. The molecule has 0 bridgehead atoms. The van der Waals surface area contributed by atoms with Crippen molar-refractivity contribution < 1.29 is 18.4 Å². The lowest BCUT2D eigenvalue weighted by Gasteiger charge is -2.01. The summed E-state index contributed by atoms with van der Waals surface area (Å²) in [5.74, 6) is -0.678. The van der Waals surface area contributed by atoms with Crippen LogP contribution in [0.1, 0.15) is 10.6 Å². The van der Waals surface area contributed by atoms with Gasteiger partial charge < -0.3 is 14.6 Å². The smallest absolute Gasteiger partial charge is 0.295 e. The monoisotopic (exact) mass is 303 g/mol. The fraction of sp³-hybridized carbons (Fsp3) is 0.0769. The van der Waals surface area contributed by atoms with Crippen molar-refractivity contribution >= 4 is 11.7 Å². The highest BCUT2D eigenvalue weighted by atomic mass is 19.1. The van der Waals surface area contributed by atoms with E-state index in [4.69, 9.17) is 9.26 Å². The van der Waals surface area contributed by atoms with Crippen LogP contribution in [0.15, 0.2) is 41.2 Å². The Balaban J connectivity index is 1.77. The van der Waals surface area contributed by atoms with E-state index >= 15 is 0 Å². The SMILES string of the molecule is COc1cc(C(=O)Nc2ccn(-c3ncccc3F)n2)on1. The Morgan fingerprint density at radius 1 is 1.45 bits per heavy atom. The molecule has 0 spiro atoms. The number of pyridine rings is 1. The molecule has 0 aliphatic rings. The first kappa shape index (κ1) is 13.7. The van der Waals surface area contributed by atoms with Crippen LogP contribution in [-0.4, -0.2) is 32.9 Å². The maximum absolute atomic E-state index is 13.6. The summed E-state index contributed by atoms with van der Waals surface area (Å²) in [7, 11) is 1.41. The topological polar surface area (TPSA) is 95.1 Å². The molecule has 0 fully saturated rings. The zero-order valence-corrected chi connectivity index (χ0v) is 11.4. The number of nitrogens with one attached hydrogen (secondary N) is 1. The van der Waals surface area contributed by atoms with Crippen molar-refractivity contribution in [1.29, 1.82) is 0 Å². The third kappa shape index (κ3) is 2.64. The average Bonchev–Trinajstić information content (AvgIpc) is 3.16. The van der Waals surface area contributed by atoms with Crippen LogP contribution < -0.4 is 10.1 Å². The molecule has 0 radical (unpaired) electrons. The Kier molecular flexibility index (Phi) is 3.52. The average molecular weight is 303 g/mol. The van der Waals surface area contributed by atoms with Gasteiger partial charge in [-0.2, -0.15) is 0 Å². The Hall–Kier alpha value is -3.23. The van der Waals surface area contributed by atoms with Crippen molar-refractivity contribution in [2.75, 3.05) is 12.4 Å². The van der Waals surface area contributed by atoms with Crippen molar-refractivity contribution in [3.63, 3.8) is 0 Å². The lowest BCUT2D eigenvalue weighted by molar-refractivity contribution is 0.0987. The van der Waals surface area contributed by atoms with E-state index in [1.807, 2.05) is 0 Å². The molecule has 0 aromatic carbocycles. The highest BCUT2D eigenvalue weighted by Gasteiger charge is 2.15. The maximum atomic E-state index is 13.6. The minimum absolute atomic E-state index is 0.0318. The number of methoxy groups -OCH3 is 1. The van der Waals surface area contributed by atoms with E-state index in [0.29, 0.717) is 0 Å². The van der Waals surface area contributed by atoms with E-state index in [9.17, 15) is 9.18 Å². The van der Waals surface area contributed by atoms with Crippen LogP contribution in [0.5, 0.6) is 5.88 Å². The fourth-order valence-corrected chi connectivity index (χ4v) is 1.69. The van der Waals surface area contributed by atoms with Gasteiger partial charge in [0.05, 0.1) is 13.2 Å². The van der Waals surface area contributed by atoms with Gasteiger partial charge in [0.25, 0.3) is 11.8 Å². The molecule has 3 rings (SSSR count). The largest absolute Gasteiger partial charge is 0.479 e. The van der Waals surface area contributed by atoms with Crippen LogP contribution in [0.3, 0.4) is 0 Å². The van der Waals surface area contributed by atoms with E-state index in [1.165, 1.54) is 48.5 Å². The fourth-order valence-electron chi connectivity index (χ4n) is 1.69. The second-order valence-corrected chi connectivity index (χ2v) is 4.14. The molecule has 3 aromatic heterocycles. The van der Waals surface area contributed by atoms with Gasteiger partial charge in [-0.15, -0.1) is 5.10 Å². The highest BCUT2D eigenvalue weighted by molar-refractivity contribution is 6.01. The van der Waals surface area contributed by atoms with E-state index < -0.39 is 11.7 Å². The number of hydrogen-bond acceptors (Lipinski definition) is 6. The predicted molar refractivity (Wildman–Crippen MR) is 72.3 cm³/mol. The van der Waals surface area contributed by atoms with Crippen LogP contribution in [0.4, 0.5) is 10.2 Å². The van der Waals surface area contributed by atoms with Crippen LogP contribution in [-0.2, 0) is 0 Å². The molecule has 3 aromatic rings. The minimum Gasteiger partial charge on any atom is -0.479 e. The van der Waals surface area contributed by atoms with E-state index in [2.05, 4.69) is 20.6 Å². The molecule has 112 valence electrons. The molecule has 0 saturated heterocycles. The zero-order valence-electron chi connectivity index (χ0n) is 11.4. The summed E-state index contributed by atoms with van der Waals surface area (Å²) in [5.41, 5.74) is 0. The van der Waals surface area contributed by atoms with Crippen LogP contribution in [0, 0.1) is 5.82 Å². The van der Waals surface area contributed by atoms with E-state index in [0.717, 1.165) is 0 Å². The molecular formula is C13H10FN5O3. The van der Waals surface area contributed by atoms with E-state index in [1.54, 1.807) is 0 Å². The third-order valence-corrected chi connectivity index (χ3v) is 2.71. The van der Waals surface area contributed by atoms with Crippen LogP contribution in [0.25, 0.3) is 5.82 Å². The summed E-state index contributed by atoms with van der Waals surface area (Å²) in [6.07, 6.45) is 2.92. The number of carbonyl (C=O) groups is 1. The molecule has 3 heterocycles. The van der Waals surface area contributed by atoms with Gasteiger partial charge in [0.1, 0.15) is 0 Å². The Morgan fingerprint density at radius 3 is 3.05 bits per heavy atom. The van der Waals surface area contributed by atoms with Crippen LogP contribution >= 0.6 is 0 Å². The summed E-state index contributed by atoms with van der Waals surface area (Å²) in [6.45, 7) is 0. The molecule has 0 unspecified atom stereocenters.